The van der Waals surface area contributed by atoms with Crippen molar-refractivity contribution in [1.29, 1.82) is 0 Å². The zero-order valence-corrected chi connectivity index (χ0v) is 31.2. The molecule has 0 bridgehead atoms. The molecule has 0 aromatic rings. The van der Waals surface area contributed by atoms with Crippen LogP contribution in [0.3, 0.4) is 0 Å². The van der Waals surface area contributed by atoms with E-state index >= 15 is 0 Å². The second-order valence-electron chi connectivity index (χ2n) is 8.65. The van der Waals surface area contributed by atoms with Gasteiger partial charge in [-0.25, -0.2) is 19.2 Å². The highest BCUT2D eigenvalue weighted by Crippen LogP contribution is 2.59. The first-order chi connectivity index (χ1) is 20.9. The molecule has 0 atom stereocenters. The van der Waals surface area contributed by atoms with Crippen LogP contribution >= 0.6 is 94.1 Å². The van der Waals surface area contributed by atoms with Crippen molar-refractivity contribution in [3.05, 3.63) is 79.5 Å². The van der Waals surface area contributed by atoms with Gasteiger partial charge in [0.2, 0.25) is 0 Å². The monoisotopic (exact) mass is 746 g/mol. The number of esters is 4. The van der Waals surface area contributed by atoms with Gasteiger partial charge in [0, 0.05) is 11.1 Å². The van der Waals surface area contributed by atoms with Gasteiger partial charge in [-0.05, 0) is 59.5 Å². The summed E-state index contributed by atoms with van der Waals surface area (Å²) in [6.45, 7) is 8.25. The molecule has 4 rings (SSSR count). The second-order valence-corrected chi connectivity index (χ2v) is 18.8. The first-order valence-corrected chi connectivity index (χ1v) is 19.0. The van der Waals surface area contributed by atoms with E-state index in [1.807, 2.05) is 12.2 Å². The van der Waals surface area contributed by atoms with Gasteiger partial charge in [-0.1, -0.05) is 94.1 Å². The minimum atomic E-state index is -0.618. The van der Waals surface area contributed by atoms with Crippen molar-refractivity contribution >= 4 is 118 Å². The number of rotatable bonds is 7. The van der Waals surface area contributed by atoms with Crippen LogP contribution in [0, 0.1) is 0 Å². The van der Waals surface area contributed by atoms with Gasteiger partial charge >= 0.3 is 23.9 Å². The van der Waals surface area contributed by atoms with Crippen molar-refractivity contribution in [2.24, 2.45) is 0 Å². The quantitative estimate of drug-likeness (QED) is 0.183. The van der Waals surface area contributed by atoms with Gasteiger partial charge in [0.05, 0.1) is 45.4 Å². The van der Waals surface area contributed by atoms with Gasteiger partial charge in [-0.3, -0.25) is 0 Å². The molecule has 0 amide bonds. The first kappa shape index (κ1) is 35.5. The molecule has 0 saturated carbocycles. The zero-order valence-electron chi connectivity index (χ0n) is 24.7. The van der Waals surface area contributed by atoms with Crippen LogP contribution < -0.4 is 0 Å². The van der Waals surface area contributed by atoms with E-state index in [4.69, 9.17) is 18.9 Å². The first-order valence-electron chi connectivity index (χ1n) is 12.4. The Labute approximate surface area is 289 Å². The Balaban J connectivity index is 1.87. The average Bonchev–Trinajstić information content (AvgIpc) is 3.79. The molecule has 0 unspecified atom stereocenters. The van der Waals surface area contributed by atoms with E-state index in [0.717, 1.165) is 86.3 Å². The third-order valence-electron chi connectivity index (χ3n) is 5.94. The van der Waals surface area contributed by atoms with Crippen LogP contribution in [-0.4, -0.2) is 52.3 Å². The van der Waals surface area contributed by atoms with Crippen LogP contribution in [0.4, 0.5) is 0 Å². The number of carbonyl (C=O) groups is 4. The molecular weight excluding hydrogens is 721 g/mol. The number of hydrogen-bond acceptors (Lipinski definition) is 16. The van der Waals surface area contributed by atoms with Gasteiger partial charge in [0.1, 0.15) is 19.6 Å². The summed E-state index contributed by atoms with van der Waals surface area (Å²) in [7, 11) is 5.07. The SMILES string of the molecule is COC(=O)C1=C(C(=O)OC)SC(=CC(=C2SC(C)=C(C)S2)C(C=C2SC(C(=O)OC)=C(C(=O)OC)S2)=C2SC(C)=C(C)S2)S1. The molecule has 0 radical (unpaired) electrons. The van der Waals surface area contributed by atoms with E-state index in [1.54, 1.807) is 47.0 Å². The third kappa shape index (κ3) is 7.76. The third-order valence-corrected chi connectivity index (χ3v) is 16.1. The van der Waals surface area contributed by atoms with E-state index in [-0.39, 0.29) is 19.6 Å². The summed E-state index contributed by atoms with van der Waals surface area (Å²) in [5.74, 6) is -2.47. The number of carbonyl (C=O) groups excluding carboxylic acids is 4. The van der Waals surface area contributed by atoms with Crippen LogP contribution in [-0.2, 0) is 38.1 Å². The van der Waals surface area contributed by atoms with Crippen molar-refractivity contribution in [2.45, 2.75) is 27.7 Å². The Morgan fingerprint density at radius 2 is 0.659 bits per heavy atom. The van der Waals surface area contributed by atoms with Gasteiger partial charge in [0.15, 0.2) is 0 Å². The van der Waals surface area contributed by atoms with E-state index in [2.05, 4.69) is 27.7 Å². The van der Waals surface area contributed by atoms with Crippen LogP contribution in [0.2, 0.25) is 0 Å². The Morgan fingerprint density at radius 3 is 0.864 bits per heavy atom. The van der Waals surface area contributed by atoms with Crippen molar-refractivity contribution < 1.29 is 38.1 Å². The molecule has 4 heterocycles. The van der Waals surface area contributed by atoms with E-state index in [0.29, 0.717) is 8.47 Å². The maximum absolute atomic E-state index is 12.6. The zero-order chi connectivity index (χ0) is 32.3. The lowest BCUT2D eigenvalue weighted by atomic mass is 10.1. The molecule has 234 valence electrons. The summed E-state index contributed by atoms with van der Waals surface area (Å²) in [6, 6.07) is 0. The predicted octanol–water partition coefficient (Wildman–Crippen LogP) is 8.63. The van der Waals surface area contributed by atoms with E-state index < -0.39 is 23.9 Å². The maximum atomic E-state index is 12.6. The Bertz CT molecular complexity index is 1400. The van der Waals surface area contributed by atoms with E-state index in [9.17, 15) is 19.2 Å². The van der Waals surface area contributed by atoms with Crippen LogP contribution in [0.1, 0.15) is 27.7 Å². The van der Waals surface area contributed by atoms with E-state index in [1.165, 1.54) is 28.4 Å². The van der Waals surface area contributed by atoms with Crippen molar-refractivity contribution in [3.63, 3.8) is 0 Å². The summed E-state index contributed by atoms with van der Waals surface area (Å²) in [6.07, 6.45) is 3.94. The highest BCUT2D eigenvalue weighted by atomic mass is 32.2. The van der Waals surface area contributed by atoms with Crippen LogP contribution in [0.15, 0.2) is 79.5 Å². The normalized spacial score (nSPS) is 18.5. The lowest BCUT2D eigenvalue weighted by molar-refractivity contribution is -0.138. The fourth-order valence-electron chi connectivity index (χ4n) is 3.49. The Kier molecular flexibility index (Phi) is 12.5. The summed E-state index contributed by atoms with van der Waals surface area (Å²) in [5.41, 5.74) is 1.75. The molecule has 16 heteroatoms. The topological polar surface area (TPSA) is 105 Å². The lowest BCUT2D eigenvalue weighted by Gasteiger charge is -2.14. The lowest BCUT2D eigenvalue weighted by Crippen LogP contribution is -2.08. The molecule has 8 nitrogen and oxygen atoms in total. The number of hydrogen-bond donors (Lipinski definition) is 0. The summed E-state index contributed by atoms with van der Waals surface area (Å²) >= 11 is 11.2. The van der Waals surface area contributed by atoms with Gasteiger partial charge < -0.3 is 18.9 Å². The Morgan fingerprint density at radius 1 is 0.432 bits per heavy atom. The molecule has 4 aliphatic rings. The summed E-state index contributed by atoms with van der Waals surface area (Å²) < 4.78 is 23.2. The summed E-state index contributed by atoms with van der Waals surface area (Å²) in [4.78, 5) is 55.7. The fraction of sp³-hybridized carbons (Fsp3) is 0.286. The minimum absolute atomic E-state index is 0.166. The predicted molar refractivity (Wildman–Crippen MR) is 190 cm³/mol. The molecule has 0 N–H and O–H groups in total. The number of thioether (sulfide) groups is 8. The maximum Gasteiger partial charge on any atom is 0.346 e. The van der Waals surface area contributed by atoms with Crippen molar-refractivity contribution in [2.75, 3.05) is 28.4 Å². The highest BCUT2D eigenvalue weighted by Gasteiger charge is 2.35. The molecular formula is C28H26O8S8. The Hall–Kier alpha value is -1.40. The van der Waals surface area contributed by atoms with Gasteiger partial charge in [-0.15, -0.1) is 0 Å². The molecule has 0 fully saturated rings. The fourth-order valence-corrected chi connectivity index (χ4v) is 13.3. The van der Waals surface area contributed by atoms with Crippen LogP contribution in [0.25, 0.3) is 0 Å². The molecule has 0 spiro atoms. The molecule has 0 aromatic carbocycles. The van der Waals surface area contributed by atoms with Gasteiger partial charge in [-0.2, -0.15) is 0 Å². The standard InChI is InChI=1S/C28H26O8S8/c1-11-12(2)38-27(37-11)15(9-17-41-19(23(29)33-5)20(42-17)24(30)34-6)16(28-39-13(3)14(4)40-28)10-18-43-21(25(31)35-7)22(44-18)26(32)36-8/h9-10H,1-8H3. The van der Waals surface area contributed by atoms with Gasteiger partial charge in [0.25, 0.3) is 0 Å². The molecule has 0 saturated heterocycles. The van der Waals surface area contributed by atoms with Crippen LogP contribution in [0.5, 0.6) is 0 Å². The smallest absolute Gasteiger partial charge is 0.346 e. The molecule has 0 aliphatic carbocycles. The molecule has 44 heavy (non-hydrogen) atoms. The molecule has 0 aromatic heterocycles. The average molecular weight is 747 g/mol. The van der Waals surface area contributed by atoms with Crippen molar-refractivity contribution in [1.82, 2.24) is 0 Å². The summed E-state index contributed by atoms with van der Waals surface area (Å²) in [5, 5.41) is 0. The number of methoxy groups -OCH3 is 4. The van der Waals surface area contributed by atoms with Crippen molar-refractivity contribution in [3.8, 4) is 0 Å². The minimum Gasteiger partial charge on any atom is -0.465 e. The number of ether oxygens (including phenoxy) is 4. The largest absolute Gasteiger partial charge is 0.465 e. The molecule has 4 aliphatic heterocycles. The number of allylic oxidation sites excluding steroid dienone is 8. The highest BCUT2D eigenvalue weighted by molar-refractivity contribution is 8.30. The second kappa shape index (κ2) is 15.5.